The third-order valence-electron chi connectivity index (χ3n) is 4.81. The van der Waals surface area contributed by atoms with Gasteiger partial charge in [-0.25, -0.2) is 9.78 Å². The van der Waals surface area contributed by atoms with Crippen molar-refractivity contribution in [1.29, 1.82) is 0 Å². The molecule has 0 saturated carbocycles. The molecule has 0 unspecified atom stereocenters. The monoisotopic (exact) mass is 475 g/mol. The SMILES string of the molecule is O=C(Nc1ccc(Cl)cc1)Nc1nc(C(=O)N2CCN(c3ccccc3Cl)CC2)cs1. The van der Waals surface area contributed by atoms with E-state index in [4.69, 9.17) is 23.2 Å². The quantitative estimate of drug-likeness (QED) is 0.552. The highest BCUT2D eigenvalue weighted by atomic mass is 35.5. The Balaban J connectivity index is 1.31. The number of thiazole rings is 1. The fourth-order valence-corrected chi connectivity index (χ4v) is 4.30. The molecule has 0 radical (unpaired) electrons. The molecule has 1 aliphatic rings. The summed E-state index contributed by atoms with van der Waals surface area (Å²) in [6.07, 6.45) is 0. The molecule has 10 heteroatoms. The first-order chi connectivity index (χ1) is 15.0. The third kappa shape index (κ3) is 5.28. The number of hydrogen-bond acceptors (Lipinski definition) is 5. The van der Waals surface area contributed by atoms with Gasteiger partial charge in [0.15, 0.2) is 5.13 Å². The van der Waals surface area contributed by atoms with E-state index in [-0.39, 0.29) is 5.91 Å². The van der Waals surface area contributed by atoms with Gasteiger partial charge in [-0.05, 0) is 36.4 Å². The van der Waals surface area contributed by atoms with Crippen LogP contribution in [0.3, 0.4) is 0 Å². The number of halogens is 2. The summed E-state index contributed by atoms with van der Waals surface area (Å²) in [5.41, 5.74) is 1.90. The molecule has 3 amide bonds. The van der Waals surface area contributed by atoms with Crippen molar-refractivity contribution in [3.63, 3.8) is 0 Å². The summed E-state index contributed by atoms with van der Waals surface area (Å²) < 4.78 is 0. The van der Waals surface area contributed by atoms with Crippen molar-refractivity contribution in [3.8, 4) is 0 Å². The Kier molecular flexibility index (Phi) is 6.60. The van der Waals surface area contributed by atoms with Crippen LogP contribution in [0.4, 0.5) is 21.3 Å². The van der Waals surface area contributed by atoms with Gasteiger partial charge in [-0.2, -0.15) is 0 Å². The van der Waals surface area contributed by atoms with E-state index in [1.165, 1.54) is 11.3 Å². The summed E-state index contributed by atoms with van der Waals surface area (Å²) in [4.78, 5) is 33.2. The van der Waals surface area contributed by atoms with Gasteiger partial charge in [0.2, 0.25) is 0 Å². The lowest BCUT2D eigenvalue weighted by atomic mass is 10.2. The first-order valence-corrected chi connectivity index (χ1v) is 11.2. The van der Waals surface area contributed by atoms with Crippen molar-refractivity contribution in [3.05, 3.63) is 69.7 Å². The molecular formula is C21H19Cl2N5O2S. The average Bonchev–Trinajstić information content (AvgIpc) is 3.23. The number of hydrogen-bond donors (Lipinski definition) is 2. The molecule has 3 aromatic rings. The van der Waals surface area contributed by atoms with Crippen molar-refractivity contribution >= 4 is 63.0 Å². The number of para-hydroxylation sites is 1. The van der Waals surface area contributed by atoms with Crippen LogP contribution in [0.15, 0.2) is 53.9 Å². The molecule has 0 spiro atoms. The summed E-state index contributed by atoms with van der Waals surface area (Å²) >= 11 is 13.3. The summed E-state index contributed by atoms with van der Waals surface area (Å²) in [6, 6.07) is 14.0. The topological polar surface area (TPSA) is 77.6 Å². The number of aromatic nitrogens is 1. The van der Waals surface area contributed by atoms with E-state index in [1.807, 2.05) is 24.3 Å². The van der Waals surface area contributed by atoms with Gasteiger partial charge in [0, 0.05) is 42.3 Å². The van der Waals surface area contributed by atoms with E-state index in [0.717, 1.165) is 5.69 Å². The second kappa shape index (κ2) is 9.55. The largest absolute Gasteiger partial charge is 0.367 e. The van der Waals surface area contributed by atoms with Crippen LogP contribution in [0.1, 0.15) is 10.5 Å². The number of anilines is 3. The van der Waals surface area contributed by atoms with Gasteiger partial charge in [-0.15, -0.1) is 11.3 Å². The van der Waals surface area contributed by atoms with Crippen molar-refractivity contribution in [2.75, 3.05) is 41.7 Å². The van der Waals surface area contributed by atoms with Gasteiger partial charge >= 0.3 is 6.03 Å². The lowest BCUT2D eigenvalue weighted by molar-refractivity contribution is 0.0741. The molecule has 0 aliphatic carbocycles. The number of carbonyl (C=O) groups is 2. The molecule has 2 N–H and O–H groups in total. The highest BCUT2D eigenvalue weighted by molar-refractivity contribution is 7.14. The van der Waals surface area contributed by atoms with Gasteiger partial charge in [0.05, 0.1) is 10.7 Å². The number of urea groups is 1. The lowest BCUT2D eigenvalue weighted by Crippen LogP contribution is -2.49. The second-order valence-electron chi connectivity index (χ2n) is 6.85. The Labute approximate surface area is 193 Å². The van der Waals surface area contributed by atoms with E-state index in [0.29, 0.717) is 52.7 Å². The Morgan fingerprint density at radius 3 is 2.35 bits per heavy atom. The number of nitrogens with zero attached hydrogens (tertiary/aromatic N) is 3. The zero-order valence-corrected chi connectivity index (χ0v) is 18.7. The molecule has 1 saturated heterocycles. The van der Waals surface area contributed by atoms with Crippen LogP contribution in [0.2, 0.25) is 10.0 Å². The first-order valence-electron chi connectivity index (χ1n) is 9.57. The van der Waals surface area contributed by atoms with E-state index >= 15 is 0 Å². The van der Waals surface area contributed by atoms with Crippen LogP contribution in [0.25, 0.3) is 0 Å². The maximum Gasteiger partial charge on any atom is 0.325 e. The first kappa shape index (κ1) is 21.4. The minimum absolute atomic E-state index is 0.152. The van der Waals surface area contributed by atoms with Crippen molar-refractivity contribution < 1.29 is 9.59 Å². The highest BCUT2D eigenvalue weighted by Crippen LogP contribution is 2.26. The predicted octanol–water partition coefficient (Wildman–Crippen LogP) is 5.06. The molecule has 4 rings (SSSR count). The van der Waals surface area contributed by atoms with E-state index in [1.54, 1.807) is 34.5 Å². The zero-order valence-electron chi connectivity index (χ0n) is 16.3. The molecule has 1 fully saturated rings. The third-order valence-corrected chi connectivity index (χ3v) is 6.14. The fraction of sp³-hybridized carbons (Fsp3) is 0.190. The molecule has 1 aromatic heterocycles. The number of carbonyl (C=O) groups excluding carboxylic acids is 2. The number of nitrogens with one attached hydrogen (secondary N) is 2. The number of rotatable bonds is 4. The number of amides is 3. The number of piperazine rings is 1. The van der Waals surface area contributed by atoms with Gasteiger partial charge in [0.25, 0.3) is 5.91 Å². The average molecular weight is 476 g/mol. The van der Waals surface area contributed by atoms with Crippen molar-refractivity contribution in [1.82, 2.24) is 9.88 Å². The van der Waals surface area contributed by atoms with Crippen LogP contribution < -0.4 is 15.5 Å². The highest BCUT2D eigenvalue weighted by Gasteiger charge is 2.25. The van der Waals surface area contributed by atoms with Gasteiger partial charge < -0.3 is 15.1 Å². The molecule has 0 atom stereocenters. The van der Waals surface area contributed by atoms with E-state index in [2.05, 4.69) is 20.5 Å². The summed E-state index contributed by atoms with van der Waals surface area (Å²) in [5, 5.41) is 8.63. The molecule has 2 heterocycles. The van der Waals surface area contributed by atoms with Crippen LogP contribution in [-0.4, -0.2) is 48.0 Å². The minimum atomic E-state index is -0.441. The number of benzene rings is 2. The van der Waals surface area contributed by atoms with Crippen LogP contribution in [0.5, 0.6) is 0 Å². The summed E-state index contributed by atoms with van der Waals surface area (Å²) in [7, 11) is 0. The maximum absolute atomic E-state index is 12.8. The van der Waals surface area contributed by atoms with Gasteiger partial charge in [-0.3, -0.25) is 10.1 Å². The van der Waals surface area contributed by atoms with Gasteiger partial charge in [0.1, 0.15) is 5.69 Å². The zero-order chi connectivity index (χ0) is 21.8. The van der Waals surface area contributed by atoms with E-state index < -0.39 is 6.03 Å². The predicted molar refractivity (Wildman–Crippen MR) is 126 cm³/mol. The summed E-state index contributed by atoms with van der Waals surface area (Å²) in [6.45, 7) is 2.52. The summed E-state index contributed by atoms with van der Waals surface area (Å²) in [5.74, 6) is -0.152. The molecule has 31 heavy (non-hydrogen) atoms. The molecule has 7 nitrogen and oxygen atoms in total. The van der Waals surface area contributed by atoms with Crippen LogP contribution in [-0.2, 0) is 0 Å². The smallest absolute Gasteiger partial charge is 0.325 e. The van der Waals surface area contributed by atoms with Crippen LogP contribution in [0, 0.1) is 0 Å². The second-order valence-corrected chi connectivity index (χ2v) is 8.56. The standard InChI is InChI=1S/C21H19Cl2N5O2S/c22-14-5-7-15(8-6-14)24-20(30)26-21-25-17(13-31-21)19(29)28-11-9-27(10-12-28)18-4-2-1-3-16(18)23/h1-8,13H,9-12H2,(H2,24,25,26,30). The normalized spacial score (nSPS) is 13.7. The maximum atomic E-state index is 12.8. The Bertz CT molecular complexity index is 1080. The minimum Gasteiger partial charge on any atom is -0.367 e. The van der Waals surface area contributed by atoms with Crippen molar-refractivity contribution in [2.24, 2.45) is 0 Å². The van der Waals surface area contributed by atoms with Gasteiger partial charge in [-0.1, -0.05) is 35.3 Å². The Morgan fingerprint density at radius 2 is 1.65 bits per heavy atom. The molecule has 1 aliphatic heterocycles. The molecule has 2 aromatic carbocycles. The Hall–Kier alpha value is -2.81. The Morgan fingerprint density at radius 1 is 0.935 bits per heavy atom. The molecule has 0 bridgehead atoms. The fourth-order valence-electron chi connectivity index (χ4n) is 3.24. The molecule has 160 valence electrons. The lowest BCUT2D eigenvalue weighted by Gasteiger charge is -2.36. The molecular weight excluding hydrogens is 457 g/mol. The van der Waals surface area contributed by atoms with Crippen LogP contribution >= 0.6 is 34.5 Å². The van der Waals surface area contributed by atoms with E-state index in [9.17, 15) is 9.59 Å². The van der Waals surface area contributed by atoms with Crippen molar-refractivity contribution in [2.45, 2.75) is 0 Å².